The van der Waals surface area contributed by atoms with Gasteiger partial charge in [-0.2, -0.15) is 0 Å². The van der Waals surface area contributed by atoms with Gasteiger partial charge in [0.25, 0.3) is 0 Å². The van der Waals surface area contributed by atoms with Crippen LogP contribution in [0.4, 0.5) is 0 Å². The fourth-order valence-corrected chi connectivity index (χ4v) is 2.47. The van der Waals surface area contributed by atoms with Gasteiger partial charge in [0.05, 0.1) is 31.3 Å². The Hall–Kier alpha value is -0.170. The first-order chi connectivity index (χ1) is 7.14. The number of methoxy groups -OCH3 is 1. The summed E-state index contributed by atoms with van der Waals surface area (Å²) in [6.07, 6.45) is 0.940. The molecule has 5 nitrogen and oxygen atoms in total. The topological polar surface area (TPSA) is 61.8 Å². The highest BCUT2D eigenvalue weighted by molar-refractivity contribution is 7.91. The van der Waals surface area contributed by atoms with Crippen LogP contribution in [0, 0.1) is 0 Å². The van der Waals surface area contributed by atoms with Crippen LogP contribution in [0.3, 0.4) is 0 Å². The lowest BCUT2D eigenvalue weighted by atomic mass is 10.4. The van der Waals surface area contributed by atoms with Gasteiger partial charge in [-0.3, -0.25) is 0 Å². The van der Waals surface area contributed by atoms with Crippen LogP contribution in [-0.4, -0.2) is 53.1 Å². The Morgan fingerprint density at radius 3 is 2.53 bits per heavy atom. The molecule has 0 aromatic carbocycles. The van der Waals surface area contributed by atoms with E-state index in [1.807, 2.05) is 0 Å². The fraction of sp³-hybridized carbons (Fsp3) is 1.00. The van der Waals surface area contributed by atoms with Crippen molar-refractivity contribution in [2.24, 2.45) is 0 Å². The Kier molecular flexibility index (Phi) is 5.52. The lowest BCUT2D eigenvalue weighted by Gasteiger charge is -2.22. The molecule has 0 aliphatic carbocycles. The van der Waals surface area contributed by atoms with Crippen molar-refractivity contribution in [1.29, 1.82) is 0 Å². The molecule has 0 bridgehead atoms. The van der Waals surface area contributed by atoms with Crippen molar-refractivity contribution in [3.05, 3.63) is 0 Å². The number of hydrogen-bond acceptors (Lipinski definition) is 5. The van der Waals surface area contributed by atoms with Crippen molar-refractivity contribution in [2.45, 2.75) is 19.1 Å². The van der Waals surface area contributed by atoms with Crippen LogP contribution >= 0.6 is 0 Å². The van der Waals surface area contributed by atoms with E-state index in [1.54, 1.807) is 0 Å². The molecule has 1 fully saturated rings. The zero-order valence-corrected chi connectivity index (χ0v) is 9.79. The Bertz CT molecular complexity index is 256. The van der Waals surface area contributed by atoms with E-state index in [9.17, 15) is 8.42 Å². The second-order valence-electron chi connectivity index (χ2n) is 3.46. The molecular weight excluding hydrogens is 220 g/mol. The molecule has 1 rings (SSSR count). The molecular formula is C9H18O5S. The molecule has 0 atom stereocenters. The molecule has 6 heteroatoms. The highest BCUT2D eigenvalue weighted by Crippen LogP contribution is 2.09. The molecule has 15 heavy (non-hydrogen) atoms. The van der Waals surface area contributed by atoms with Crippen LogP contribution in [0.5, 0.6) is 0 Å². The van der Waals surface area contributed by atoms with Crippen LogP contribution < -0.4 is 0 Å². The van der Waals surface area contributed by atoms with Gasteiger partial charge in [-0.25, -0.2) is 8.42 Å². The van der Waals surface area contributed by atoms with Gasteiger partial charge >= 0.3 is 0 Å². The average Bonchev–Trinajstić information content (AvgIpc) is 2.25. The zero-order valence-electron chi connectivity index (χ0n) is 8.98. The molecule has 90 valence electrons. The minimum absolute atomic E-state index is 0.0657. The van der Waals surface area contributed by atoms with E-state index in [0.717, 1.165) is 6.42 Å². The predicted octanol–water partition coefficient (Wildman–Crippen LogP) is 0.201. The molecule has 1 heterocycles. The zero-order chi connectivity index (χ0) is 11.1. The van der Waals surface area contributed by atoms with E-state index in [2.05, 4.69) is 0 Å². The summed E-state index contributed by atoms with van der Waals surface area (Å²) in [5.74, 6) is 0.164. The SMILES string of the molecule is COCCS(=O)(=O)CCC1OCCCO1. The normalized spacial score (nSPS) is 19.3. The number of hydrogen-bond donors (Lipinski definition) is 0. The third-order valence-corrected chi connectivity index (χ3v) is 3.81. The minimum atomic E-state index is -3.03. The van der Waals surface area contributed by atoms with Crippen molar-refractivity contribution < 1.29 is 22.6 Å². The standard InChI is InChI=1S/C9H18O5S/c1-12-6-8-15(10,11)7-3-9-13-4-2-5-14-9/h9H,2-8H2,1H3. The van der Waals surface area contributed by atoms with Crippen molar-refractivity contribution in [3.63, 3.8) is 0 Å². The molecule has 0 aromatic heterocycles. The smallest absolute Gasteiger partial charge is 0.158 e. The number of ether oxygens (including phenoxy) is 3. The molecule has 1 saturated heterocycles. The Labute approximate surface area is 90.6 Å². The van der Waals surface area contributed by atoms with E-state index < -0.39 is 9.84 Å². The van der Waals surface area contributed by atoms with Gasteiger partial charge in [0, 0.05) is 13.5 Å². The van der Waals surface area contributed by atoms with Gasteiger partial charge in [0.15, 0.2) is 16.1 Å². The molecule has 0 unspecified atom stereocenters. The Morgan fingerprint density at radius 1 is 1.27 bits per heavy atom. The molecule has 1 aliphatic heterocycles. The maximum Gasteiger partial charge on any atom is 0.158 e. The van der Waals surface area contributed by atoms with Crippen LogP contribution in [0.2, 0.25) is 0 Å². The summed E-state index contributed by atoms with van der Waals surface area (Å²) in [6.45, 7) is 1.56. The van der Waals surface area contributed by atoms with Crippen molar-refractivity contribution in [2.75, 3.05) is 38.4 Å². The monoisotopic (exact) mass is 238 g/mol. The van der Waals surface area contributed by atoms with Gasteiger partial charge < -0.3 is 14.2 Å². The van der Waals surface area contributed by atoms with Gasteiger partial charge in [0.1, 0.15) is 0 Å². The second kappa shape index (κ2) is 6.42. The van der Waals surface area contributed by atoms with E-state index in [-0.39, 0.29) is 24.4 Å². The van der Waals surface area contributed by atoms with Gasteiger partial charge in [0.2, 0.25) is 0 Å². The Balaban J connectivity index is 2.22. The summed E-state index contributed by atoms with van der Waals surface area (Å²) in [7, 11) is -1.54. The Morgan fingerprint density at radius 2 is 1.93 bits per heavy atom. The van der Waals surface area contributed by atoms with Crippen LogP contribution in [0.1, 0.15) is 12.8 Å². The fourth-order valence-electron chi connectivity index (χ4n) is 1.29. The maximum absolute atomic E-state index is 11.4. The van der Waals surface area contributed by atoms with E-state index >= 15 is 0 Å². The number of sulfone groups is 1. The van der Waals surface area contributed by atoms with Gasteiger partial charge in [-0.05, 0) is 6.42 Å². The first kappa shape index (κ1) is 12.9. The lowest BCUT2D eigenvalue weighted by molar-refractivity contribution is -0.178. The van der Waals surface area contributed by atoms with E-state index in [1.165, 1.54) is 7.11 Å². The van der Waals surface area contributed by atoms with Crippen molar-refractivity contribution in [1.82, 2.24) is 0 Å². The summed E-state index contributed by atoms with van der Waals surface area (Å²) in [5.41, 5.74) is 0. The highest BCUT2D eigenvalue weighted by Gasteiger charge is 2.18. The van der Waals surface area contributed by atoms with Crippen LogP contribution in [0.25, 0.3) is 0 Å². The van der Waals surface area contributed by atoms with Crippen LogP contribution in [-0.2, 0) is 24.0 Å². The first-order valence-corrected chi connectivity index (χ1v) is 6.89. The predicted molar refractivity (Wildman–Crippen MR) is 55.5 cm³/mol. The molecule has 0 N–H and O–H groups in total. The molecule has 1 aliphatic rings. The molecule has 0 aromatic rings. The quantitative estimate of drug-likeness (QED) is 0.661. The van der Waals surface area contributed by atoms with Crippen molar-refractivity contribution in [3.8, 4) is 0 Å². The van der Waals surface area contributed by atoms with E-state index in [0.29, 0.717) is 19.6 Å². The highest BCUT2D eigenvalue weighted by atomic mass is 32.2. The van der Waals surface area contributed by atoms with Gasteiger partial charge in [-0.15, -0.1) is 0 Å². The third kappa shape index (κ3) is 5.46. The van der Waals surface area contributed by atoms with Gasteiger partial charge in [-0.1, -0.05) is 0 Å². The van der Waals surface area contributed by atoms with Crippen LogP contribution in [0.15, 0.2) is 0 Å². The lowest BCUT2D eigenvalue weighted by Crippen LogP contribution is -2.28. The molecule has 0 amide bonds. The summed E-state index contributed by atoms with van der Waals surface area (Å²) in [6, 6.07) is 0. The summed E-state index contributed by atoms with van der Waals surface area (Å²) < 4.78 is 38.1. The third-order valence-electron chi connectivity index (χ3n) is 2.16. The van der Waals surface area contributed by atoms with E-state index in [4.69, 9.17) is 14.2 Å². The summed E-state index contributed by atoms with van der Waals surface area (Å²) in [4.78, 5) is 0. The maximum atomic E-state index is 11.4. The van der Waals surface area contributed by atoms with Crippen molar-refractivity contribution >= 4 is 9.84 Å². The largest absolute Gasteiger partial charge is 0.384 e. The molecule has 0 spiro atoms. The minimum Gasteiger partial charge on any atom is -0.384 e. The average molecular weight is 238 g/mol. The molecule has 0 saturated carbocycles. The summed E-state index contributed by atoms with van der Waals surface area (Å²) in [5, 5.41) is 0. The summed E-state index contributed by atoms with van der Waals surface area (Å²) >= 11 is 0. The number of rotatable bonds is 6. The first-order valence-electron chi connectivity index (χ1n) is 5.06. The molecule has 0 radical (unpaired) electrons. The second-order valence-corrected chi connectivity index (χ2v) is 5.76.